The van der Waals surface area contributed by atoms with Gasteiger partial charge in [-0.1, -0.05) is 43.3 Å². The molecule has 4 rings (SSSR count). The van der Waals surface area contributed by atoms with Crippen molar-refractivity contribution in [1.29, 1.82) is 0 Å². The van der Waals surface area contributed by atoms with E-state index in [1.165, 1.54) is 12.1 Å². The lowest BCUT2D eigenvalue weighted by atomic mass is 9.96. The lowest BCUT2D eigenvalue weighted by molar-refractivity contribution is 0.0695. The Morgan fingerprint density at radius 3 is 2.43 bits per heavy atom. The maximum absolute atomic E-state index is 13.5. The number of halogens is 1. The van der Waals surface area contributed by atoms with Crippen LogP contribution in [0.5, 0.6) is 0 Å². The minimum atomic E-state index is -0.909. The molecule has 4 heteroatoms. The van der Waals surface area contributed by atoms with Crippen LogP contribution in [0, 0.1) is 5.82 Å². The van der Waals surface area contributed by atoms with Gasteiger partial charge < -0.3 is 5.11 Å². The van der Waals surface area contributed by atoms with E-state index in [4.69, 9.17) is 0 Å². The zero-order valence-electron chi connectivity index (χ0n) is 15.3. The number of fused-ring (bicyclic) bond motifs is 1. The predicted molar refractivity (Wildman–Crippen MR) is 109 cm³/mol. The molecule has 0 atom stereocenters. The summed E-state index contributed by atoms with van der Waals surface area (Å²) in [5.74, 6) is -1.18. The molecule has 1 N–H and O–H groups in total. The molecular weight excluding hydrogens is 353 g/mol. The number of rotatable bonds is 4. The lowest BCUT2D eigenvalue weighted by Crippen LogP contribution is -2.01. The second-order valence-electron chi connectivity index (χ2n) is 6.67. The molecule has 0 spiro atoms. The molecular formula is C24H18FNO2. The second kappa shape index (κ2) is 7.24. The number of carboxylic acid groups (broad SMARTS) is 1. The first kappa shape index (κ1) is 17.9. The Balaban J connectivity index is 1.74. The molecule has 3 nitrogen and oxygen atoms in total. The standard InChI is InChI=1S/C24H18FNO2/c1-2-15-10-17(8-9-22(15)24(27)28)18-6-7-19-11-20(14-26-23(19)13-18)16-4-3-5-21(25)12-16/h3-14H,2H2,1H3,(H,27,28). The largest absolute Gasteiger partial charge is 0.478 e. The van der Waals surface area contributed by atoms with E-state index in [0.717, 1.165) is 38.7 Å². The summed E-state index contributed by atoms with van der Waals surface area (Å²) in [6.45, 7) is 1.95. The van der Waals surface area contributed by atoms with Crippen molar-refractivity contribution in [2.24, 2.45) is 0 Å². The summed E-state index contributed by atoms with van der Waals surface area (Å²) in [4.78, 5) is 15.9. The third-order valence-electron chi connectivity index (χ3n) is 4.89. The predicted octanol–water partition coefficient (Wildman–Crippen LogP) is 5.97. The molecule has 0 aliphatic rings. The number of aryl methyl sites for hydroxylation is 1. The van der Waals surface area contributed by atoms with Crippen LogP contribution in [0.4, 0.5) is 4.39 Å². The topological polar surface area (TPSA) is 50.2 Å². The fraction of sp³-hybridized carbons (Fsp3) is 0.0833. The molecule has 0 saturated heterocycles. The van der Waals surface area contributed by atoms with Crippen LogP contribution < -0.4 is 0 Å². The number of aromatic nitrogens is 1. The van der Waals surface area contributed by atoms with Crippen molar-refractivity contribution < 1.29 is 14.3 Å². The summed E-state index contributed by atoms with van der Waals surface area (Å²) in [6, 6.07) is 19.8. The van der Waals surface area contributed by atoms with E-state index in [0.29, 0.717) is 12.0 Å². The molecule has 0 fully saturated rings. The third kappa shape index (κ3) is 3.37. The Labute approximate surface area is 162 Å². The van der Waals surface area contributed by atoms with Gasteiger partial charge in [0.25, 0.3) is 0 Å². The average molecular weight is 371 g/mol. The molecule has 4 aromatic rings. The molecule has 0 aliphatic carbocycles. The van der Waals surface area contributed by atoms with Crippen LogP contribution in [-0.4, -0.2) is 16.1 Å². The highest BCUT2D eigenvalue weighted by molar-refractivity contribution is 5.91. The van der Waals surface area contributed by atoms with Gasteiger partial charge in [-0.3, -0.25) is 4.98 Å². The van der Waals surface area contributed by atoms with Gasteiger partial charge in [0, 0.05) is 17.1 Å². The van der Waals surface area contributed by atoms with E-state index in [1.807, 2.05) is 49.4 Å². The lowest BCUT2D eigenvalue weighted by Gasteiger charge is -2.09. The summed E-state index contributed by atoms with van der Waals surface area (Å²) in [5.41, 5.74) is 5.56. The van der Waals surface area contributed by atoms with E-state index in [-0.39, 0.29) is 5.82 Å². The highest BCUT2D eigenvalue weighted by Gasteiger charge is 2.11. The SMILES string of the molecule is CCc1cc(-c2ccc3cc(-c4cccc(F)c4)cnc3c2)ccc1C(=O)O. The van der Waals surface area contributed by atoms with Crippen LogP contribution in [0.2, 0.25) is 0 Å². The summed E-state index contributed by atoms with van der Waals surface area (Å²) < 4.78 is 13.5. The molecule has 3 aromatic carbocycles. The quantitative estimate of drug-likeness (QED) is 0.481. The fourth-order valence-electron chi connectivity index (χ4n) is 3.40. The molecule has 1 aromatic heterocycles. The number of pyridine rings is 1. The van der Waals surface area contributed by atoms with Gasteiger partial charge in [0.05, 0.1) is 11.1 Å². The zero-order chi connectivity index (χ0) is 19.7. The summed E-state index contributed by atoms with van der Waals surface area (Å²) in [5, 5.41) is 10.3. The molecule has 1 heterocycles. The number of carbonyl (C=O) groups is 1. The van der Waals surface area contributed by atoms with Gasteiger partial charge in [0.15, 0.2) is 0 Å². The maximum Gasteiger partial charge on any atom is 0.335 e. The molecule has 28 heavy (non-hydrogen) atoms. The first-order valence-electron chi connectivity index (χ1n) is 9.07. The van der Waals surface area contributed by atoms with Crippen molar-refractivity contribution in [1.82, 2.24) is 4.98 Å². The van der Waals surface area contributed by atoms with Crippen molar-refractivity contribution in [3.63, 3.8) is 0 Å². The van der Waals surface area contributed by atoms with Gasteiger partial charge in [-0.15, -0.1) is 0 Å². The number of carboxylic acids is 1. The molecule has 0 aliphatic heterocycles. The van der Waals surface area contributed by atoms with Crippen LogP contribution in [0.15, 0.2) is 72.9 Å². The Hall–Kier alpha value is -3.53. The molecule has 0 unspecified atom stereocenters. The average Bonchev–Trinajstić information content (AvgIpc) is 2.72. The van der Waals surface area contributed by atoms with E-state index >= 15 is 0 Å². The normalized spacial score (nSPS) is 10.9. The minimum Gasteiger partial charge on any atom is -0.478 e. The summed E-state index contributed by atoms with van der Waals surface area (Å²) in [7, 11) is 0. The number of hydrogen-bond donors (Lipinski definition) is 1. The van der Waals surface area contributed by atoms with Gasteiger partial charge in [0.1, 0.15) is 5.82 Å². The number of hydrogen-bond acceptors (Lipinski definition) is 2. The van der Waals surface area contributed by atoms with E-state index < -0.39 is 5.97 Å². The van der Waals surface area contributed by atoms with Crippen LogP contribution in [0.25, 0.3) is 33.2 Å². The van der Waals surface area contributed by atoms with Crippen molar-refractivity contribution in [3.8, 4) is 22.3 Å². The molecule has 0 amide bonds. The Kier molecular flexibility index (Phi) is 4.62. The van der Waals surface area contributed by atoms with Gasteiger partial charge >= 0.3 is 5.97 Å². The van der Waals surface area contributed by atoms with Crippen molar-refractivity contribution in [2.75, 3.05) is 0 Å². The third-order valence-corrected chi connectivity index (χ3v) is 4.89. The molecule has 138 valence electrons. The van der Waals surface area contributed by atoms with E-state index in [9.17, 15) is 14.3 Å². The maximum atomic E-state index is 13.5. The zero-order valence-corrected chi connectivity index (χ0v) is 15.3. The Bertz CT molecular complexity index is 1200. The van der Waals surface area contributed by atoms with Gasteiger partial charge in [-0.05, 0) is 59.0 Å². The first-order valence-corrected chi connectivity index (χ1v) is 9.07. The number of benzene rings is 3. The monoisotopic (exact) mass is 371 g/mol. The van der Waals surface area contributed by atoms with E-state index in [1.54, 1.807) is 18.3 Å². The van der Waals surface area contributed by atoms with Gasteiger partial charge in [0.2, 0.25) is 0 Å². The first-order chi connectivity index (χ1) is 13.5. The molecule has 0 bridgehead atoms. The van der Waals surface area contributed by atoms with Crippen LogP contribution in [-0.2, 0) is 6.42 Å². The smallest absolute Gasteiger partial charge is 0.335 e. The fourth-order valence-corrected chi connectivity index (χ4v) is 3.40. The number of nitrogens with zero attached hydrogens (tertiary/aromatic N) is 1. The van der Waals surface area contributed by atoms with Crippen LogP contribution in [0.3, 0.4) is 0 Å². The van der Waals surface area contributed by atoms with Crippen molar-refractivity contribution in [2.45, 2.75) is 13.3 Å². The van der Waals surface area contributed by atoms with Crippen molar-refractivity contribution >= 4 is 16.9 Å². The molecule has 0 radical (unpaired) electrons. The summed E-state index contributed by atoms with van der Waals surface area (Å²) in [6.07, 6.45) is 2.39. The Morgan fingerprint density at radius 2 is 1.68 bits per heavy atom. The van der Waals surface area contributed by atoms with Crippen molar-refractivity contribution in [3.05, 3.63) is 89.9 Å². The highest BCUT2D eigenvalue weighted by atomic mass is 19.1. The van der Waals surface area contributed by atoms with Crippen LogP contribution >= 0.6 is 0 Å². The van der Waals surface area contributed by atoms with Gasteiger partial charge in [-0.2, -0.15) is 0 Å². The van der Waals surface area contributed by atoms with Gasteiger partial charge in [-0.25, -0.2) is 9.18 Å². The summed E-state index contributed by atoms with van der Waals surface area (Å²) >= 11 is 0. The highest BCUT2D eigenvalue weighted by Crippen LogP contribution is 2.28. The minimum absolute atomic E-state index is 0.274. The second-order valence-corrected chi connectivity index (χ2v) is 6.67. The number of aromatic carboxylic acids is 1. The Morgan fingerprint density at radius 1 is 0.929 bits per heavy atom. The van der Waals surface area contributed by atoms with E-state index in [2.05, 4.69) is 4.98 Å². The molecule has 0 saturated carbocycles. The van der Waals surface area contributed by atoms with Crippen LogP contribution in [0.1, 0.15) is 22.8 Å².